The summed E-state index contributed by atoms with van der Waals surface area (Å²) in [5.74, 6) is -0.938. The average molecular weight is 323 g/mol. The van der Waals surface area contributed by atoms with E-state index in [1.807, 2.05) is 6.07 Å². The van der Waals surface area contributed by atoms with Crippen LogP contribution in [0.3, 0.4) is 0 Å². The summed E-state index contributed by atoms with van der Waals surface area (Å²) in [6.45, 7) is 0.388. The van der Waals surface area contributed by atoms with E-state index in [-0.39, 0.29) is 0 Å². The maximum atomic E-state index is 12.0. The van der Waals surface area contributed by atoms with Crippen LogP contribution in [0.15, 0.2) is 34.4 Å². The Labute approximate surface area is 115 Å². The lowest BCUT2D eigenvalue weighted by Crippen LogP contribution is -2.28. The third-order valence-electron chi connectivity index (χ3n) is 2.75. The summed E-state index contributed by atoms with van der Waals surface area (Å²) in [5.41, 5.74) is 2.82. The SMILES string of the molecule is O=C1C(=O)N(Cc2cncs2)c2cccc(Br)c21. The molecule has 1 aliphatic rings. The first-order valence-corrected chi connectivity index (χ1v) is 6.88. The van der Waals surface area contributed by atoms with E-state index < -0.39 is 11.7 Å². The summed E-state index contributed by atoms with van der Waals surface area (Å²) >= 11 is 4.78. The van der Waals surface area contributed by atoms with Gasteiger partial charge in [-0.2, -0.15) is 0 Å². The van der Waals surface area contributed by atoms with E-state index in [9.17, 15) is 9.59 Å². The van der Waals surface area contributed by atoms with Crippen LogP contribution in [0, 0.1) is 0 Å². The van der Waals surface area contributed by atoms with E-state index in [2.05, 4.69) is 20.9 Å². The number of nitrogens with zero attached hydrogens (tertiary/aromatic N) is 2. The maximum absolute atomic E-state index is 12.0. The van der Waals surface area contributed by atoms with Crippen molar-refractivity contribution < 1.29 is 9.59 Å². The van der Waals surface area contributed by atoms with Crippen LogP contribution >= 0.6 is 27.3 Å². The van der Waals surface area contributed by atoms with Gasteiger partial charge in [-0.15, -0.1) is 11.3 Å². The minimum absolute atomic E-state index is 0.388. The molecule has 4 nitrogen and oxygen atoms in total. The lowest BCUT2D eigenvalue weighted by atomic mass is 10.1. The van der Waals surface area contributed by atoms with Gasteiger partial charge < -0.3 is 0 Å². The topological polar surface area (TPSA) is 50.3 Å². The fourth-order valence-corrected chi connectivity index (χ4v) is 3.05. The van der Waals surface area contributed by atoms with Gasteiger partial charge >= 0.3 is 0 Å². The standard InChI is InChI=1S/C12H7BrN2O2S/c13-8-2-1-3-9-10(8)11(16)12(17)15(9)5-7-4-14-6-18-7/h1-4,6H,5H2. The monoisotopic (exact) mass is 322 g/mol. The first-order valence-electron chi connectivity index (χ1n) is 5.20. The highest BCUT2D eigenvalue weighted by Crippen LogP contribution is 2.35. The lowest BCUT2D eigenvalue weighted by Gasteiger charge is -2.14. The van der Waals surface area contributed by atoms with Gasteiger partial charge in [0, 0.05) is 15.5 Å². The molecule has 90 valence electrons. The van der Waals surface area contributed by atoms with E-state index in [1.165, 1.54) is 16.2 Å². The van der Waals surface area contributed by atoms with Crippen molar-refractivity contribution in [2.24, 2.45) is 0 Å². The van der Waals surface area contributed by atoms with E-state index >= 15 is 0 Å². The zero-order chi connectivity index (χ0) is 12.7. The van der Waals surface area contributed by atoms with Gasteiger partial charge in [0.1, 0.15) is 0 Å². The molecule has 0 unspecified atom stereocenters. The van der Waals surface area contributed by atoms with E-state index in [4.69, 9.17) is 0 Å². The number of halogens is 1. The molecule has 0 saturated heterocycles. The number of thiazole rings is 1. The highest BCUT2D eigenvalue weighted by molar-refractivity contribution is 9.10. The van der Waals surface area contributed by atoms with Crippen molar-refractivity contribution in [3.8, 4) is 0 Å². The number of amides is 1. The van der Waals surface area contributed by atoms with Crippen molar-refractivity contribution in [3.05, 3.63) is 44.8 Å². The van der Waals surface area contributed by atoms with E-state index in [0.29, 0.717) is 22.3 Å². The molecular formula is C12H7BrN2O2S. The normalized spacial score (nSPS) is 14.2. The Balaban J connectivity index is 2.05. The second-order valence-corrected chi connectivity index (χ2v) is 5.65. The molecule has 3 rings (SSSR count). The van der Waals surface area contributed by atoms with Gasteiger partial charge in [0.15, 0.2) is 0 Å². The van der Waals surface area contributed by atoms with Crippen LogP contribution in [-0.4, -0.2) is 16.7 Å². The molecule has 1 amide bonds. The quantitative estimate of drug-likeness (QED) is 0.799. The number of hydrogen-bond donors (Lipinski definition) is 0. The number of benzene rings is 1. The predicted molar refractivity (Wildman–Crippen MR) is 71.8 cm³/mol. The first-order chi connectivity index (χ1) is 8.68. The van der Waals surface area contributed by atoms with Crippen molar-refractivity contribution in [2.75, 3.05) is 4.90 Å². The van der Waals surface area contributed by atoms with Crippen LogP contribution in [0.25, 0.3) is 0 Å². The van der Waals surface area contributed by atoms with Crippen molar-refractivity contribution >= 4 is 44.6 Å². The van der Waals surface area contributed by atoms with Crippen molar-refractivity contribution in [3.63, 3.8) is 0 Å². The number of aromatic nitrogens is 1. The summed E-state index contributed by atoms with van der Waals surface area (Å²) in [7, 11) is 0. The minimum atomic E-state index is -0.481. The molecule has 1 aromatic heterocycles. The van der Waals surface area contributed by atoms with Gasteiger partial charge in [-0.25, -0.2) is 0 Å². The molecule has 1 aliphatic heterocycles. The molecule has 6 heteroatoms. The second-order valence-electron chi connectivity index (χ2n) is 3.82. The summed E-state index contributed by atoms with van der Waals surface area (Å²) in [6, 6.07) is 5.36. The maximum Gasteiger partial charge on any atom is 0.299 e. The lowest BCUT2D eigenvalue weighted by molar-refractivity contribution is -0.114. The number of carbonyl (C=O) groups is 2. The highest BCUT2D eigenvalue weighted by atomic mass is 79.9. The molecule has 0 bridgehead atoms. The molecule has 0 spiro atoms. The largest absolute Gasteiger partial charge is 0.299 e. The van der Waals surface area contributed by atoms with Crippen LogP contribution < -0.4 is 4.90 Å². The van der Waals surface area contributed by atoms with Gasteiger partial charge in [0.25, 0.3) is 11.7 Å². The molecule has 18 heavy (non-hydrogen) atoms. The average Bonchev–Trinajstić information content (AvgIpc) is 2.94. The van der Waals surface area contributed by atoms with Crippen LogP contribution in [0.4, 0.5) is 5.69 Å². The molecule has 2 aromatic rings. The van der Waals surface area contributed by atoms with Gasteiger partial charge in [0.2, 0.25) is 0 Å². The summed E-state index contributed by atoms with van der Waals surface area (Å²) in [6.07, 6.45) is 1.71. The molecule has 0 N–H and O–H groups in total. The Kier molecular flexibility index (Phi) is 2.76. The molecule has 0 atom stereocenters. The molecule has 0 saturated carbocycles. The fourth-order valence-electron chi connectivity index (χ4n) is 1.93. The number of ketones is 1. The number of anilines is 1. The Bertz CT molecular complexity index is 640. The fraction of sp³-hybridized carbons (Fsp3) is 0.0833. The van der Waals surface area contributed by atoms with Crippen molar-refractivity contribution in [1.29, 1.82) is 0 Å². The predicted octanol–water partition coefficient (Wildman–Crippen LogP) is 2.64. The van der Waals surface area contributed by atoms with Gasteiger partial charge in [-0.05, 0) is 28.1 Å². The zero-order valence-corrected chi connectivity index (χ0v) is 11.5. The van der Waals surface area contributed by atoms with E-state index in [1.54, 1.807) is 23.8 Å². The second kappa shape index (κ2) is 4.29. The Morgan fingerprint density at radius 3 is 2.89 bits per heavy atom. The zero-order valence-electron chi connectivity index (χ0n) is 9.09. The van der Waals surface area contributed by atoms with Gasteiger partial charge in [-0.3, -0.25) is 19.5 Å². The number of hydrogen-bond acceptors (Lipinski definition) is 4. The van der Waals surface area contributed by atoms with Crippen LogP contribution in [0.5, 0.6) is 0 Å². The van der Waals surface area contributed by atoms with Gasteiger partial charge in [0.05, 0.1) is 23.3 Å². The number of Topliss-reactive ketones (excluding diaryl/α,β-unsaturated/α-hetero) is 1. The third kappa shape index (κ3) is 1.69. The number of rotatable bonds is 2. The van der Waals surface area contributed by atoms with Crippen LogP contribution in [-0.2, 0) is 11.3 Å². The highest BCUT2D eigenvalue weighted by Gasteiger charge is 2.37. The Morgan fingerprint density at radius 2 is 2.17 bits per heavy atom. The molecule has 0 radical (unpaired) electrons. The van der Waals surface area contributed by atoms with Gasteiger partial charge in [-0.1, -0.05) is 6.07 Å². The molecular weight excluding hydrogens is 316 g/mol. The molecule has 0 aliphatic carbocycles. The van der Waals surface area contributed by atoms with Crippen molar-refractivity contribution in [1.82, 2.24) is 4.98 Å². The number of carbonyl (C=O) groups excluding carboxylic acids is 2. The number of fused-ring (bicyclic) bond motifs is 1. The first kappa shape index (κ1) is 11.6. The van der Waals surface area contributed by atoms with Crippen LogP contribution in [0.2, 0.25) is 0 Å². The Morgan fingerprint density at radius 1 is 1.33 bits per heavy atom. The summed E-state index contributed by atoms with van der Waals surface area (Å²) < 4.78 is 0.658. The molecule has 2 heterocycles. The summed E-state index contributed by atoms with van der Waals surface area (Å²) in [5, 5.41) is 0. The van der Waals surface area contributed by atoms with Crippen molar-refractivity contribution in [2.45, 2.75) is 6.54 Å². The third-order valence-corrected chi connectivity index (χ3v) is 4.17. The molecule has 1 aromatic carbocycles. The smallest absolute Gasteiger partial charge is 0.299 e. The van der Waals surface area contributed by atoms with E-state index in [0.717, 1.165) is 4.88 Å². The van der Waals surface area contributed by atoms with Crippen LogP contribution in [0.1, 0.15) is 15.2 Å². The summed E-state index contributed by atoms with van der Waals surface area (Å²) in [4.78, 5) is 30.3. The minimum Gasteiger partial charge on any atom is -0.299 e. The molecule has 0 fully saturated rings. The Hall–Kier alpha value is -1.53.